The lowest BCUT2D eigenvalue weighted by molar-refractivity contribution is -0.0497. The summed E-state index contributed by atoms with van der Waals surface area (Å²) in [7, 11) is 0. The summed E-state index contributed by atoms with van der Waals surface area (Å²) in [4.78, 5) is 8.72. The van der Waals surface area contributed by atoms with Crippen LogP contribution in [0.5, 0.6) is 5.75 Å². The summed E-state index contributed by atoms with van der Waals surface area (Å²) in [6.45, 7) is 3.02. The van der Waals surface area contributed by atoms with E-state index in [1.165, 1.54) is 12.1 Å². The maximum atomic E-state index is 12.6. The third kappa shape index (κ3) is 5.62. The minimum atomic E-state index is -2.95. The Balaban J connectivity index is 2.01. The summed E-state index contributed by atoms with van der Waals surface area (Å²) in [6, 6.07) is 15.6. The molecule has 3 aromatic rings. The highest BCUT2D eigenvalue weighted by Crippen LogP contribution is 2.27. The van der Waals surface area contributed by atoms with Crippen molar-refractivity contribution in [1.29, 1.82) is 0 Å². The number of rotatable bonds is 6. The number of nitrogens with zero attached hydrogens (tertiary/aromatic N) is 2. The average Bonchev–Trinajstić information content (AvgIpc) is 2.67. The summed E-state index contributed by atoms with van der Waals surface area (Å²) >= 11 is 6.07. The highest BCUT2D eigenvalue weighted by atomic mass is 35.5. The monoisotopic (exact) mass is 413 g/mol. The first-order chi connectivity index (χ1) is 13.9. The maximum absolute atomic E-state index is 12.6. The number of hydrogen-bond donors (Lipinski definition) is 1. The summed E-state index contributed by atoms with van der Waals surface area (Å²) < 4.78 is 29.7. The van der Waals surface area contributed by atoms with Crippen molar-refractivity contribution in [1.82, 2.24) is 4.98 Å². The minimum absolute atomic E-state index is 0.0507. The number of alkyl halides is 2. The smallest absolute Gasteiger partial charge is 0.387 e. The molecule has 1 heterocycles. The zero-order chi connectivity index (χ0) is 20.8. The Kier molecular flexibility index (Phi) is 6.57. The van der Waals surface area contributed by atoms with Gasteiger partial charge in [-0.25, -0.2) is 4.99 Å². The first kappa shape index (κ1) is 20.5. The van der Waals surface area contributed by atoms with E-state index in [-0.39, 0.29) is 10.8 Å². The van der Waals surface area contributed by atoms with Crippen LogP contribution in [0.1, 0.15) is 16.7 Å². The molecular weight excluding hydrogens is 396 g/mol. The van der Waals surface area contributed by atoms with Crippen LogP contribution in [0.4, 0.5) is 14.5 Å². The quantitative estimate of drug-likeness (QED) is 0.388. The molecule has 1 aromatic heterocycles. The molecule has 0 aliphatic heterocycles. The van der Waals surface area contributed by atoms with Crippen molar-refractivity contribution >= 4 is 28.8 Å². The van der Waals surface area contributed by atoms with Crippen LogP contribution < -0.4 is 10.1 Å². The molecule has 2 aromatic carbocycles. The molecule has 3 rings (SSSR count). The number of nitrogens with one attached hydrogen (secondary N) is 1. The van der Waals surface area contributed by atoms with Crippen molar-refractivity contribution in [2.24, 2.45) is 4.99 Å². The molecule has 0 spiro atoms. The Labute approximate surface area is 172 Å². The van der Waals surface area contributed by atoms with Gasteiger partial charge in [0, 0.05) is 40.3 Å². The van der Waals surface area contributed by atoms with Gasteiger partial charge in [-0.3, -0.25) is 4.98 Å². The number of halogens is 3. The molecule has 1 N–H and O–H groups in total. The summed E-state index contributed by atoms with van der Waals surface area (Å²) in [5, 5.41) is 3.40. The van der Waals surface area contributed by atoms with Crippen LogP contribution in [0.15, 0.2) is 78.6 Å². The van der Waals surface area contributed by atoms with E-state index in [4.69, 9.17) is 11.6 Å². The number of aryl methyl sites for hydroxylation is 1. The van der Waals surface area contributed by atoms with Crippen molar-refractivity contribution in [3.63, 3.8) is 0 Å². The van der Waals surface area contributed by atoms with Crippen LogP contribution in [0, 0.1) is 6.92 Å². The normalized spacial score (nSPS) is 11.4. The first-order valence-corrected chi connectivity index (χ1v) is 9.06. The van der Waals surface area contributed by atoms with Gasteiger partial charge >= 0.3 is 6.61 Å². The molecule has 0 aliphatic carbocycles. The van der Waals surface area contributed by atoms with Gasteiger partial charge in [-0.05, 0) is 36.8 Å². The van der Waals surface area contributed by atoms with E-state index in [2.05, 4.69) is 26.6 Å². The van der Waals surface area contributed by atoms with Gasteiger partial charge in [0.15, 0.2) is 0 Å². The molecule has 148 valence electrons. The second kappa shape index (κ2) is 9.30. The summed E-state index contributed by atoms with van der Waals surface area (Å²) in [6.07, 6.45) is 3.33. The van der Waals surface area contributed by atoms with Gasteiger partial charge in [0.2, 0.25) is 0 Å². The molecule has 0 aliphatic rings. The van der Waals surface area contributed by atoms with Crippen LogP contribution in [-0.4, -0.2) is 17.4 Å². The average molecular weight is 414 g/mol. The zero-order valence-electron chi connectivity index (χ0n) is 15.6. The number of hydrogen-bond acceptors (Lipinski definition) is 3. The van der Waals surface area contributed by atoms with Crippen molar-refractivity contribution in [2.75, 3.05) is 5.32 Å². The van der Waals surface area contributed by atoms with Gasteiger partial charge in [0.1, 0.15) is 11.6 Å². The molecule has 0 atom stereocenters. The Morgan fingerprint density at radius 1 is 1.17 bits per heavy atom. The SMILES string of the molecule is C=C(/N=C(/Nc1cc(Cl)cc(OC(F)F)c1)c1ccccc1C)c1cccnc1. The van der Waals surface area contributed by atoms with E-state index in [1.54, 1.807) is 24.5 Å². The van der Waals surface area contributed by atoms with Crippen LogP contribution in [0.25, 0.3) is 5.70 Å². The second-order valence-corrected chi connectivity index (χ2v) is 6.58. The standard InChI is InChI=1S/C22H18ClF2N3O/c1-14-6-3-4-8-20(14)21(27-15(2)16-7-5-9-26-13-16)28-18-10-17(23)11-19(12-18)29-22(24)25/h3-13,22H,2H2,1H3,(H,27,28). The lowest BCUT2D eigenvalue weighted by Crippen LogP contribution is -2.15. The number of anilines is 1. The summed E-state index contributed by atoms with van der Waals surface area (Å²) in [5.41, 5.74) is 3.51. The minimum Gasteiger partial charge on any atom is -0.435 e. The second-order valence-electron chi connectivity index (χ2n) is 6.14. The molecule has 0 fully saturated rings. The largest absolute Gasteiger partial charge is 0.435 e. The number of ether oxygens (including phenoxy) is 1. The van der Waals surface area contributed by atoms with Gasteiger partial charge in [0.25, 0.3) is 0 Å². The Hall–Kier alpha value is -3.25. The van der Waals surface area contributed by atoms with E-state index in [0.29, 0.717) is 17.2 Å². The van der Waals surface area contributed by atoms with Crippen LogP contribution in [0.2, 0.25) is 5.02 Å². The molecule has 0 unspecified atom stereocenters. The zero-order valence-corrected chi connectivity index (χ0v) is 16.3. The molecular formula is C22H18ClF2N3O. The van der Waals surface area contributed by atoms with Crippen LogP contribution >= 0.6 is 11.6 Å². The van der Waals surface area contributed by atoms with Crippen LogP contribution in [0.3, 0.4) is 0 Å². The molecule has 0 amide bonds. The number of amidine groups is 1. The number of aliphatic imine (C=N–C) groups is 1. The van der Waals surface area contributed by atoms with Crippen molar-refractivity contribution < 1.29 is 13.5 Å². The molecule has 29 heavy (non-hydrogen) atoms. The lowest BCUT2D eigenvalue weighted by atomic mass is 10.1. The topological polar surface area (TPSA) is 46.5 Å². The van der Waals surface area contributed by atoms with Crippen molar-refractivity contribution in [3.05, 3.63) is 95.3 Å². The highest BCUT2D eigenvalue weighted by molar-refractivity contribution is 6.31. The van der Waals surface area contributed by atoms with Crippen molar-refractivity contribution in [2.45, 2.75) is 13.5 Å². The van der Waals surface area contributed by atoms with E-state index in [0.717, 1.165) is 16.7 Å². The molecule has 0 saturated carbocycles. The van der Waals surface area contributed by atoms with Crippen molar-refractivity contribution in [3.8, 4) is 5.75 Å². The Morgan fingerprint density at radius 3 is 2.66 bits per heavy atom. The first-order valence-electron chi connectivity index (χ1n) is 8.69. The highest BCUT2D eigenvalue weighted by Gasteiger charge is 2.12. The fourth-order valence-electron chi connectivity index (χ4n) is 2.67. The Morgan fingerprint density at radius 2 is 1.97 bits per heavy atom. The molecule has 0 bridgehead atoms. The number of benzene rings is 2. The molecule has 0 radical (unpaired) electrons. The lowest BCUT2D eigenvalue weighted by Gasteiger charge is -2.15. The molecule has 4 nitrogen and oxygen atoms in total. The van der Waals surface area contributed by atoms with Gasteiger partial charge in [-0.2, -0.15) is 8.78 Å². The fraction of sp³-hybridized carbons (Fsp3) is 0.0909. The number of aromatic nitrogens is 1. The van der Waals surface area contributed by atoms with Gasteiger partial charge in [0.05, 0.1) is 5.70 Å². The van der Waals surface area contributed by atoms with E-state index in [1.807, 2.05) is 37.3 Å². The Bertz CT molecular complexity index is 1040. The maximum Gasteiger partial charge on any atom is 0.387 e. The summed E-state index contributed by atoms with van der Waals surface area (Å²) in [5.74, 6) is 0.437. The molecule has 0 saturated heterocycles. The van der Waals surface area contributed by atoms with Crippen LogP contribution in [-0.2, 0) is 0 Å². The third-order valence-electron chi connectivity index (χ3n) is 4.00. The van der Waals surface area contributed by atoms with Gasteiger partial charge in [-0.1, -0.05) is 42.4 Å². The van der Waals surface area contributed by atoms with E-state index in [9.17, 15) is 8.78 Å². The van der Waals surface area contributed by atoms with E-state index < -0.39 is 6.61 Å². The molecule has 7 heteroatoms. The van der Waals surface area contributed by atoms with Gasteiger partial charge in [-0.15, -0.1) is 0 Å². The third-order valence-corrected chi connectivity index (χ3v) is 4.22. The number of pyridine rings is 1. The van der Waals surface area contributed by atoms with Gasteiger partial charge < -0.3 is 10.1 Å². The predicted molar refractivity (Wildman–Crippen MR) is 113 cm³/mol. The van der Waals surface area contributed by atoms with E-state index >= 15 is 0 Å². The fourth-order valence-corrected chi connectivity index (χ4v) is 2.89. The predicted octanol–water partition coefficient (Wildman–Crippen LogP) is 6.17.